The van der Waals surface area contributed by atoms with Gasteiger partial charge in [-0.05, 0) is 30.7 Å². The number of aromatic carboxylic acids is 1. The third-order valence-electron chi connectivity index (χ3n) is 3.48. The highest BCUT2D eigenvalue weighted by Gasteiger charge is 2.13. The molecule has 0 unspecified atom stereocenters. The van der Waals surface area contributed by atoms with Crippen molar-refractivity contribution in [2.24, 2.45) is 7.05 Å². The summed E-state index contributed by atoms with van der Waals surface area (Å²) in [6.07, 6.45) is 0. The summed E-state index contributed by atoms with van der Waals surface area (Å²) in [5.41, 5.74) is 4.35. The smallest absolute Gasteiger partial charge is 0.352 e. The van der Waals surface area contributed by atoms with Crippen molar-refractivity contribution in [1.82, 2.24) is 9.55 Å². The number of aromatic amines is 1. The molecule has 0 saturated carbocycles. The van der Waals surface area contributed by atoms with Crippen LogP contribution in [-0.2, 0) is 7.05 Å². The van der Waals surface area contributed by atoms with Crippen molar-refractivity contribution in [3.05, 3.63) is 47.7 Å². The van der Waals surface area contributed by atoms with Crippen LogP contribution in [0, 0.1) is 6.92 Å². The lowest BCUT2D eigenvalue weighted by molar-refractivity contribution is 0.0687. The molecule has 0 aliphatic carbocycles. The SMILES string of the molecule is Cc1cccc2cc(-c3ccc(C(=O)O)n3C)[nH]c12. The van der Waals surface area contributed by atoms with Crippen LogP contribution in [0.5, 0.6) is 0 Å². The van der Waals surface area contributed by atoms with E-state index in [-0.39, 0.29) is 5.69 Å². The van der Waals surface area contributed by atoms with E-state index in [9.17, 15) is 4.79 Å². The molecule has 0 bridgehead atoms. The lowest BCUT2D eigenvalue weighted by Crippen LogP contribution is -2.05. The van der Waals surface area contributed by atoms with Crippen LogP contribution in [0.15, 0.2) is 36.4 Å². The van der Waals surface area contributed by atoms with Crippen LogP contribution < -0.4 is 0 Å². The van der Waals surface area contributed by atoms with E-state index in [0.29, 0.717) is 0 Å². The molecule has 0 spiro atoms. The minimum atomic E-state index is -0.916. The van der Waals surface area contributed by atoms with Crippen molar-refractivity contribution in [1.29, 1.82) is 0 Å². The van der Waals surface area contributed by atoms with Crippen LogP contribution in [0.2, 0.25) is 0 Å². The first-order chi connectivity index (χ1) is 9.08. The predicted octanol–water partition coefficient (Wildman–Crippen LogP) is 3.18. The van der Waals surface area contributed by atoms with Crippen LogP contribution in [-0.4, -0.2) is 20.6 Å². The second-order valence-corrected chi connectivity index (χ2v) is 4.69. The van der Waals surface area contributed by atoms with E-state index in [1.54, 1.807) is 17.7 Å². The molecule has 0 saturated heterocycles. The first kappa shape index (κ1) is 11.6. The number of benzene rings is 1. The Bertz CT molecular complexity index is 781. The second-order valence-electron chi connectivity index (χ2n) is 4.69. The molecule has 1 aromatic carbocycles. The summed E-state index contributed by atoms with van der Waals surface area (Å²) in [7, 11) is 1.76. The van der Waals surface area contributed by atoms with Gasteiger partial charge in [0.25, 0.3) is 0 Å². The van der Waals surface area contributed by atoms with Gasteiger partial charge in [0.2, 0.25) is 0 Å². The molecular weight excluding hydrogens is 240 g/mol. The second kappa shape index (κ2) is 4.02. The van der Waals surface area contributed by atoms with E-state index in [4.69, 9.17) is 5.11 Å². The minimum Gasteiger partial charge on any atom is -0.477 e. The van der Waals surface area contributed by atoms with Crippen LogP contribution in [0.4, 0.5) is 0 Å². The summed E-state index contributed by atoms with van der Waals surface area (Å²) in [5, 5.41) is 10.2. The van der Waals surface area contributed by atoms with Gasteiger partial charge in [-0.1, -0.05) is 18.2 Å². The van der Waals surface area contributed by atoms with Gasteiger partial charge in [0.05, 0.1) is 11.4 Å². The summed E-state index contributed by atoms with van der Waals surface area (Å²) in [5.74, 6) is -0.916. The molecule has 2 aromatic heterocycles. The number of carbonyl (C=O) groups is 1. The molecule has 0 aliphatic rings. The Morgan fingerprint density at radius 1 is 1.26 bits per heavy atom. The number of fused-ring (bicyclic) bond motifs is 1. The molecule has 3 aromatic rings. The number of hydrogen-bond donors (Lipinski definition) is 2. The van der Waals surface area contributed by atoms with Crippen molar-refractivity contribution in [2.45, 2.75) is 6.92 Å². The van der Waals surface area contributed by atoms with Crippen molar-refractivity contribution >= 4 is 16.9 Å². The average molecular weight is 254 g/mol. The number of aromatic nitrogens is 2. The average Bonchev–Trinajstić information content (AvgIpc) is 2.93. The zero-order chi connectivity index (χ0) is 13.6. The van der Waals surface area contributed by atoms with E-state index in [2.05, 4.69) is 18.0 Å². The molecule has 0 fully saturated rings. The van der Waals surface area contributed by atoms with E-state index in [0.717, 1.165) is 22.3 Å². The van der Waals surface area contributed by atoms with Gasteiger partial charge in [-0.3, -0.25) is 0 Å². The van der Waals surface area contributed by atoms with Gasteiger partial charge < -0.3 is 14.7 Å². The van der Waals surface area contributed by atoms with Gasteiger partial charge in [-0.25, -0.2) is 4.79 Å². The zero-order valence-corrected chi connectivity index (χ0v) is 10.8. The van der Waals surface area contributed by atoms with Crippen molar-refractivity contribution in [2.75, 3.05) is 0 Å². The molecule has 0 atom stereocenters. The van der Waals surface area contributed by atoms with Crippen molar-refractivity contribution in [3.63, 3.8) is 0 Å². The zero-order valence-electron chi connectivity index (χ0n) is 10.8. The fraction of sp³-hybridized carbons (Fsp3) is 0.133. The summed E-state index contributed by atoms with van der Waals surface area (Å²) in [6.45, 7) is 2.05. The highest BCUT2D eigenvalue weighted by Crippen LogP contribution is 2.27. The van der Waals surface area contributed by atoms with Crippen LogP contribution in [0.25, 0.3) is 22.3 Å². The lowest BCUT2D eigenvalue weighted by Gasteiger charge is -2.02. The molecule has 96 valence electrons. The minimum absolute atomic E-state index is 0.283. The Hall–Kier alpha value is -2.49. The Morgan fingerprint density at radius 3 is 2.68 bits per heavy atom. The largest absolute Gasteiger partial charge is 0.477 e. The molecule has 0 aliphatic heterocycles. The highest BCUT2D eigenvalue weighted by atomic mass is 16.4. The molecular formula is C15H14N2O2. The monoisotopic (exact) mass is 254 g/mol. The van der Waals surface area contributed by atoms with Gasteiger partial charge in [0, 0.05) is 18.0 Å². The summed E-state index contributed by atoms with van der Waals surface area (Å²) >= 11 is 0. The highest BCUT2D eigenvalue weighted by molar-refractivity contribution is 5.90. The number of nitrogens with zero attached hydrogens (tertiary/aromatic N) is 1. The van der Waals surface area contributed by atoms with Crippen LogP contribution >= 0.6 is 0 Å². The molecule has 0 amide bonds. The van der Waals surface area contributed by atoms with Gasteiger partial charge in [-0.2, -0.15) is 0 Å². The number of para-hydroxylation sites is 1. The number of H-pyrrole nitrogens is 1. The van der Waals surface area contributed by atoms with Crippen LogP contribution in [0.3, 0.4) is 0 Å². The normalized spacial score (nSPS) is 11.1. The van der Waals surface area contributed by atoms with E-state index < -0.39 is 5.97 Å². The maximum atomic E-state index is 11.1. The molecule has 4 nitrogen and oxygen atoms in total. The van der Waals surface area contributed by atoms with Gasteiger partial charge >= 0.3 is 5.97 Å². The van der Waals surface area contributed by atoms with Crippen LogP contribution in [0.1, 0.15) is 16.1 Å². The Kier molecular flexibility index (Phi) is 2.45. The number of hydrogen-bond acceptors (Lipinski definition) is 1. The quantitative estimate of drug-likeness (QED) is 0.738. The van der Waals surface area contributed by atoms with E-state index in [1.165, 1.54) is 5.56 Å². The number of nitrogens with one attached hydrogen (secondary N) is 1. The van der Waals surface area contributed by atoms with Gasteiger partial charge in [0.15, 0.2) is 0 Å². The lowest BCUT2D eigenvalue weighted by atomic mass is 10.2. The molecule has 19 heavy (non-hydrogen) atoms. The molecule has 0 radical (unpaired) electrons. The van der Waals surface area contributed by atoms with E-state index in [1.807, 2.05) is 24.3 Å². The Morgan fingerprint density at radius 2 is 2.05 bits per heavy atom. The van der Waals surface area contributed by atoms with Gasteiger partial charge in [-0.15, -0.1) is 0 Å². The predicted molar refractivity (Wildman–Crippen MR) is 74.4 cm³/mol. The number of carboxylic acids is 1. The van der Waals surface area contributed by atoms with E-state index >= 15 is 0 Å². The standard InChI is InChI=1S/C15H14N2O2/c1-9-4-3-5-10-8-11(16-14(9)10)12-6-7-13(15(18)19)17(12)2/h3-8,16H,1-2H3,(H,18,19). The molecule has 4 heteroatoms. The summed E-state index contributed by atoms with van der Waals surface area (Å²) in [4.78, 5) is 14.4. The van der Waals surface area contributed by atoms with Gasteiger partial charge in [0.1, 0.15) is 5.69 Å². The Labute approximate surface area is 110 Å². The maximum Gasteiger partial charge on any atom is 0.352 e. The number of carboxylic acid groups (broad SMARTS) is 1. The molecule has 2 N–H and O–H groups in total. The Balaban J connectivity index is 2.20. The topological polar surface area (TPSA) is 58.0 Å². The third kappa shape index (κ3) is 1.73. The summed E-state index contributed by atoms with van der Waals surface area (Å²) < 4.78 is 1.68. The van der Waals surface area contributed by atoms with Crippen molar-refractivity contribution in [3.8, 4) is 11.4 Å². The fourth-order valence-electron chi connectivity index (χ4n) is 2.44. The number of rotatable bonds is 2. The first-order valence-corrected chi connectivity index (χ1v) is 6.05. The fourth-order valence-corrected chi connectivity index (χ4v) is 2.44. The third-order valence-corrected chi connectivity index (χ3v) is 3.48. The molecule has 2 heterocycles. The van der Waals surface area contributed by atoms with Crippen molar-refractivity contribution < 1.29 is 9.90 Å². The first-order valence-electron chi connectivity index (χ1n) is 6.05. The number of aryl methyl sites for hydroxylation is 1. The maximum absolute atomic E-state index is 11.1. The molecule has 3 rings (SSSR count). The summed E-state index contributed by atoms with van der Waals surface area (Å²) in [6, 6.07) is 11.6.